The van der Waals surface area contributed by atoms with E-state index in [1.165, 1.54) is 6.42 Å². The quantitative estimate of drug-likeness (QED) is 0.698. The molecule has 0 amide bonds. The van der Waals surface area contributed by atoms with E-state index in [2.05, 4.69) is 12.2 Å². The molecule has 0 radical (unpaired) electrons. The average Bonchev–Trinajstić information content (AvgIpc) is 2.19. The van der Waals surface area contributed by atoms with Crippen LogP contribution in [0.25, 0.3) is 0 Å². The van der Waals surface area contributed by atoms with Gasteiger partial charge in [-0.1, -0.05) is 13.8 Å². The Kier molecular flexibility index (Phi) is 7.23. The van der Waals surface area contributed by atoms with E-state index < -0.39 is 0 Å². The molecule has 1 aliphatic rings. The zero-order chi connectivity index (χ0) is 10.2. The van der Waals surface area contributed by atoms with Crippen molar-refractivity contribution in [2.24, 2.45) is 5.73 Å². The highest BCUT2D eigenvalue weighted by atomic mass is 16.5. The summed E-state index contributed by atoms with van der Waals surface area (Å²) in [6, 6.07) is 0. The van der Waals surface area contributed by atoms with Gasteiger partial charge in [0.15, 0.2) is 0 Å². The summed E-state index contributed by atoms with van der Waals surface area (Å²) in [6.45, 7) is 9.54. The number of nitrogens with one attached hydrogen (secondary N) is 1. The molecule has 0 aliphatic carbocycles. The second kappa shape index (κ2) is 7.30. The Bertz CT molecular complexity index is 111. The second-order valence-electron chi connectivity index (χ2n) is 3.37. The van der Waals surface area contributed by atoms with Crippen LogP contribution >= 0.6 is 0 Å². The fourth-order valence-electron chi connectivity index (χ4n) is 1.46. The van der Waals surface area contributed by atoms with Crippen molar-refractivity contribution < 1.29 is 4.74 Å². The van der Waals surface area contributed by atoms with E-state index in [-0.39, 0.29) is 5.60 Å². The summed E-state index contributed by atoms with van der Waals surface area (Å²) in [5, 5.41) is 3.32. The molecule has 0 aromatic carbocycles. The topological polar surface area (TPSA) is 47.3 Å². The SMILES string of the molecule is CC.CC1(OCCN)CCCNC1. The molecule has 3 heteroatoms. The van der Waals surface area contributed by atoms with Crippen molar-refractivity contribution in [1.82, 2.24) is 5.32 Å². The highest BCUT2D eigenvalue weighted by molar-refractivity contribution is 4.82. The van der Waals surface area contributed by atoms with Gasteiger partial charge in [-0.3, -0.25) is 0 Å². The van der Waals surface area contributed by atoms with Gasteiger partial charge in [0.1, 0.15) is 0 Å². The summed E-state index contributed by atoms with van der Waals surface area (Å²) in [5.74, 6) is 0. The van der Waals surface area contributed by atoms with Crippen molar-refractivity contribution in [3.63, 3.8) is 0 Å². The van der Waals surface area contributed by atoms with Gasteiger partial charge < -0.3 is 15.8 Å². The summed E-state index contributed by atoms with van der Waals surface area (Å²) in [4.78, 5) is 0. The molecule has 0 saturated carbocycles. The maximum Gasteiger partial charge on any atom is 0.0779 e. The van der Waals surface area contributed by atoms with Crippen molar-refractivity contribution in [2.75, 3.05) is 26.2 Å². The molecule has 80 valence electrons. The Morgan fingerprint density at radius 2 is 2.15 bits per heavy atom. The van der Waals surface area contributed by atoms with Crippen LogP contribution in [0.1, 0.15) is 33.6 Å². The molecular weight excluding hydrogens is 164 g/mol. The van der Waals surface area contributed by atoms with Crippen LogP contribution in [0.4, 0.5) is 0 Å². The second-order valence-corrected chi connectivity index (χ2v) is 3.37. The number of rotatable bonds is 3. The molecule has 0 spiro atoms. The minimum atomic E-state index is 0.0393. The molecule has 0 aromatic rings. The fourth-order valence-corrected chi connectivity index (χ4v) is 1.46. The summed E-state index contributed by atoms with van der Waals surface area (Å²) in [7, 11) is 0. The number of hydrogen-bond donors (Lipinski definition) is 2. The summed E-state index contributed by atoms with van der Waals surface area (Å²) in [5.41, 5.74) is 5.40. The Balaban J connectivity index is 0.000000671. The molecule has 0 aromatic heterocycles. The smallest absolute Gasteiger partial charge is 0.0779 e. The minimum Gasteiger partial charge on any atom is -0.373 e. The number of ether oxygens (including phenoxy) is 1. The molecular formula is C10H24N2O. The van der Waals surface area contributed by atoms with Crippen LogP contribution in [0, 0.1) is 0 Å². The number of hydrogen-bond acceptors (Lipinski definition) is 3. The number of piperidine rings is 1. The lowest BCUT2D eigenvalue weighted by atomic mass is 9.96. The molecule has 1 aliphatic heterocycles. The third-order valence-corrected chi connectivity index (χ3v) is 2.13. The Morgan fingerprint density at radius 1 is 1.46 bits per heavy atom. The zero-order valence-corrected chi connectivity index (χ0v) is 9.23. The Hall–Kier alpha value is -0.120. The van der Waals surface area contributed by atoms with Crippen molar-refractivity contribution in [2.45, 2.75) is 39.2 Å². The van der Waals surface area contributed by atoms with Crippen LogP contribution in [0.3, 0.4) is 0 Å². The third-order valence-electron chi connectivity index (χ3n) is 2.13. The first kappa shape index (κ1) is 12.9. The normalized spacial score (nSPS) is 27.7. The lowest BCUT2D eigenvalue weighted by Crippen LogP contribution is -2.46. The van der Waals surface area contributed by atoms with Gasteiger partial charge in [-0.15, -0.1) is 0 Å². The third kappa shape index (κ3) is 5.24. The van der Waals surface area contributed by atoms with E-state index in [9.17, 15) is 0 Å². The lowest BCUT2D eigenvalue weighted by Gasteiger charge is -2.34. The fraction of sp³-hybridized carbons (Fsp3) is 1.00. The minimum absolute atomic E-state index is 0.0393. The van der Waals surface area contributed by atoms with Crippen LogP contribution in [-0.4, -0.2) is 31.8 Å². The molecule has 1 rings (SSSR count). The first-order chi connectivity index (χ1) is 6.27. The maximum absolute atomic E-state index is 5.63. The first-order valence-corrected chi connectivity index (χ1v) is 5.32. The van der Waals surface area contributed by atoms with Crippen molar-refractivity contribution >= 4 is 0 Å². The first-order valence-electron chi connectivity index (χ1n) is 5.32. The van der Waals surface area contributed by atoms with Gasteiger partial charge in [0, 0.05) is 13.1 Å². The van der Waals surface area contributed by atoms with Gasteiger partial charge in [0.25, 0.3) is 0 Å². The zero-order valence-electron chi connectivity index (χ0n) is 9.23. The molecule has 1 saturated heterocycles. The van der Waals surface area contributed by atoms with Gasteiger partial charge in [0.05, 0.1) is 12.2 Å². The molecule has 1 atom stereocenters. The molecule has 13 heavy (non-hydrogen) atoms. The lowest BCUT2D eigenvalue weighted by molar-refractivity contribution is -0.0426. The number of nitrogens with two attached hydrogens (primary N) is 1. The molecule has 3 nitrogen and oxygen atoms in total. The maximum atomic E-state index is 5.63. The van der Waals surface area contributed by atoms with E-state index in [0.717, 1.165) is 19.5 Å². The van der Waals surface area contributed by atoms with Gasteiger partial charge in [-0.05, 0) is 26.3 Å². The van der Waals surface area contributed by atoms with E-state index >= 15 is 0 Å². The van der Waals surface area contributed by atoms with E-state index in [4.69, 9.17) is 10.5 Å². The van der Waals surface area contributed by atoms with Crippen LogP contribution in [0.2, 0.25) is 0 Å². The van der Waals surface area contributed by atoms with Gasteiger partial charge >= 0.3 is 0 Å². The van der Waals surface area contributed by atoms with Gasteiger partial charge in [-0.25, -0.2) is 0 Å². The summed E-state index contributed by atoms with van der Waals surface area (Å²) >= 11 is 0. The summed E-state index contributed by atoms with van der Waals surface area (Å²) in [6.07, 6.45) is 2.36. The van der Waals surface area contributed by atoms with Crippen molar-refractivity contribution in [3.8, 4) is 0 Å². The van der Waals surface area contributed by atoms with E-state index in [1.54, 1.807) is 0 Å². The van der Waals surface area contributed by atoms with Crippen LogP contribution in [0.5, 0.6) is 0 Å². The molecule has 1 unspecified atom stereocenters. The van der Waals surface area contributed by atoms with Crippen LogP contribution in [0.15, 0.2) is 0 Å². The Morgan fingerprint density at radius 3 is 2.62 bits per heavy atom. The van der Waals surface area contributed by atoms with Crippen molar-refractivity contribution in [1.29, 1.82) is 0 Å². The molecule has 0 bridgehead atoms. The van der Waals surface area contributed by atoms with Crippen LogP contribution < -0.4 is 11.1 Å². The van der Waals surface area contributed by atoms with Gasteiger partial charge in [-0.2, -0.15) is 0 Å². The van der Waals surface area contributed by atoms with Crippen molar-refractivity contribution in [3.05, 3.63) is 0 Å². The predicted molar refractivity (Wildman–Crippen MR) is 56.9 cm³/mol. The average molecular weight is 188 g/mol. The highest BCUT2D eigenvalue weighted by Gasteiger charge is 2.26. The molecule has 1 fully saturated rings. The van der Waals surface area contributed by atoms with E-state index in [1.807, 2.05) is 13.8 Å². The molecule has 3 N–H and O–H groups in total. The molecule has 1 heterocycles. The largest absolute Gasteiger partial charge is 0.373 e. The predicted octanol–water partition coefficient (Wildman–Crippen LogP) is 1.13. The Labute approximate surface area is 82.0 Å². The highest BCUT2D eigenvalue weighted by Crippen LogP contribution is 2.19. The standard InChI is InChI=1S/C8H18N2O.C2H6/c1-8(11-6-4-9)3-2-5-10-7-8;1-2/h10H,2-7,9H2,1H3;1-2H3. The van der Waals surface area contributed by atoms with Gasteiger partial charge in [0.2, 0.25) is 0 Å². The monoisotopic (exact) mass is 188 g/mol. The van der Waals surface area contributed by atoms with E-state index in [0.29, 0.717) is 13.2 Å². The summed E-state index contributed by atoms with van der Waals surface area (Å²) < 4.78 is 5.63. The van der Waals surface area contributed by atoms with Crippen LogP contribution in [-0.2, 0) is 4.74 Å².